The largest absolute Gasteiger partial charge is 0.337 e. The zero-order valence-corrected chi connectivity index (χ0v) is 13.5. The molecule has 1 fully saturated rings. The molecule has 3 heterocycles. The lowest BCUT2D eigenvalue weighted by Gasteiger charge is -2.23. The number of carbonyl (C=O) groups excluding carboxylic acids is 2. The Balaban J connectivity index is 1.55. The summed E-state index contributed by atoms with van der Waals surface area (Å²) in [4.78, 5) is 30.1. The predicted octanol–water partition coefficient (Wildman–Crippen LogP) is 1.67. The number of hydrazone groups is 1. The lowest BCUT2D eigenvalue weighted by molar-refractivity contribution is -0.125. The summed E-state index contributed by atoms with van der Waals surface area (Å²) in [7, 11) is 0. The summed E-state index contributed by atoms with van der Waals surface area (Å²) in [6.07, 6.45) is 2.26. The SMILES string of the molecule is O=C1CCC(C(=O)N2CCC[C@H]2c2nc(-c3ccccc3)no2)=NN1. The van der Waals surface area contributed by atoms with Crippen LogP contribution in [0.5, 0.6) is 0 Å². The fourth-order valence-electron chi connectivity index (χ4n) is 3.14. The molecule has 2 amide bonds. The van der Waals surface area contributed by atoms with E-state index in [1.807, 2.05) is 30.3 Å². The molecule has 0 unspecified atom stereocenters. The molecule has 8 nitrogen and oxygen atoms in total. The molecule has 0 bridgehead atoms. The second kappa shape index (κ2) is 6.46. The zero-order valence-electron chi connectivity index (χ0n) is 13.5. The summed E-state index contributed by atoms with van der Waals surface area (Å²) in [6, 6.07) is 9.30. The molecular formula is C17H17N5O3. The van der Waals surface area contributed by atoms with Gasteiger partial charge in [0, 0.05) is 24.9 Å². The van der Waals surface area contributed by atoms with Crippen molar-refractivity contribution < 1.29 is 14.1 Å². The molecular weight excluding hydrogens is 322 g/mol. The van der Waals surface area contributed by atoms with Crippen LogP contribution in [0.1, 0.15) is 37.6 Å². The van der Waals surface area contributed by atoms with Crippen LogP contribution in [0.15, 0.2) is 40.0 Å². The van der Waals surface area contributed by atoms with E-state index in [0.29, 0.717) is 30.4 Å². The first-order valence-corrected chi connectivity index (χ1v) is 8.28. The number of aromatic nitrogens is 2. The Morgan fingerprint density at radius 3 is 2.84 bits per heavy atom. The summed E-state index contributed by atoms with van der Waals surface area (Å²) in [5.74, 6) is 0.600. The summed E-state index contributed by atoms with van der Waals surface area (Å²) in [5, 5.41) is 7.93. The molecule has 2 aliphatic rings. The number of nitrogens with one attached hydrogen (secondary N) is 1. The molecule has 8 heteroatoms. The Morgan fingerprint density at radius 1 is 1.24 bits per heavy atom. The quantitative estimate of drug-likeness (QED) is 0.916. The summed E-state index contributed by atoms with van der Waals surface area (Å²) in [6.45, 7) is 0.611. The average molecular weight is 339 g/mol. The van der Waals surface area contributed by atoms with Gasteiger partial charge in [0.25, 0.3) is 5.91 Å². The summed E-state index contributed by atoms with van der Waals surface area (Å²) < 4.78 is 5.42. The van der Waals surface area contributed by atoms with Gasteiger partial charge in [0.1, 0.15) is 11.8 Å². The Bertz CT molecular complexity index is 830. The third-order valence-corrected chi connectivity index (χ3v) is 4.42. The van der Waals surface area contributed by atoms with Gasteiger partial charge in [-0.2, -0.15) is 10.1 Å². The van der Waals surface area contributed by atoms with E-state index in [2.05, 4.69) is 20.7 Å². The normalized spacial score (nSPS) is 20.3. The van der Waals surface area contributed by atoms with Gasteiger partial charge in [-0.05, 0) is 12.8 Å². The minimum absolute atomic E-state index is 0.168. The number of likely N-dealkylation sites (tertiary alicyclic amines) is 1. The van der Waals surface area contributed by atoms with Crippen molar-refractivity contribution in [2.45, 2.75) is 31.7 Å². The van der Waals surface area contributed by atoms with Crippen LogP contribution in [0.4, 0.5) is 0 Å². The molecule has 1 aromatic heterocycles. The van der Waals surface area contributed by atoms with Gasteiger partial charge in [0.05, 0.1) is 0 Å². The Labute approximate surface area is 143 Å². The average Bonchev–Trinajstić information content (AvgIpc) is 3.32. The predicted molar refractivity (Wildman–Crippen MR) is 88.2 cm³/mol. The highest BCUT2D eigenvalue weighted by Crippen LogP contribution is 2.32. The van der Waals surface area contributed by atoms with E-state index < -0.39 is 0 Å². The van der Waals surface area contributed by atoms with Crippen molar-refractivity contribution >= 4 is 17.5 Å². The highest BCUT2D eigenvalue weighted by molar-refractivity contribution is 6.39. The molecule has 0 spiro atoms. The number of benzene rings is 1. The zero-order chi connectivity index (χ0) is 17.2. The monoisotopic (exact) mass is 339 g/mol. The standard InChI is InChI=1S/C17H17N5O3/c23-14-9-8-12(19-20-14)17(24)22-10-4-7-13(22)16-18-15(21-25-16)11-5-2-1-3-6-11/h1-3,5-6,13H,4,7-10H2,(H,20,23)/t13-/m0/s1. The van der Waals surface area contributed by atoms with E-state index in [1.165, 1.54) is 0 Å². The van der Waals surface area contributed by atoms with Gasteiger partial charge in [-0.1, -0.05) is 35.5 Å². The van der Waals surface area contributed by atoms with Crippen LogP contribution in [-0.2, 0) is 9.59 Å². The lowest BCUT2D eigenvalue weighted by atomic mass is 10.1. The second-order valence-corrected chi connectivity index (χ2v) is 6.07. The van der Waals surface area contributed by atoms with E-state index in [4.69, 9.17) is 4.52 Å². The van der Waals surface area contributed by atoms with Crippen molar-refractivity contribution in [3.05, 3.63) is 36.2 Å². The highest BCUT2D eigenvalue weighted by atomic mass is 16.5. The summed E-state index contributed by atoms with van der Waals surface area (Å²) in [5.41, 5.74) is 3.60. The minimum Gasteiger partial charge on any atom is -0.337 e. The minimum atomic E-state index is -0.252. The van der Waals surface area contributed by atoms with Gasteiger partial charge in [0.15, 0.2) is 0 Å². The van der Waals surface area contributed by atoms with Crippen molar-refractivity contribution in [3.8, 4) is 11.4 Å². The van der Waals surface area contributed by atoms with E-state index in [9.17, 15) is 9.59 Å². The first-order chi connectivity index (χ1) is 12.2. The van der Waals surface area contributed by atoms with E-state index >= 15 is 0 Å². The Kier molecular flexibility index (Phi) is 4.01. The number of amides is 2. The van der Waals surface area contributed by atoms with Gasteiger partial charge in [0.2, 0.25) is 17.6 Å². The van der Waals surface area contributed by atoms with E-state index in [0.717, 1.165) is 18.4 Å². The Hall–Kier alpha value is -3.03. The molecule has 0 aliphatic carbocycles. The molecule has 1 N–H and O–H groups in total. The van der Waals surface area contributed by atoms with Gasteiger partial charge < -0.3 is 9.42 Å². The van der Waals surface area contributed by atoms with Crippen LogP contribution in [-0.4, -0.2) is 39.1 Å². The molecule has 128 valence electrons. The van der Waals surface area contributed by atoms with Crippen LogP contribution in [0.3, 0.4) is 0 Å². The van der Waals surface area contributed by atoms with Gasteiger partial charge in [-0.3, -0.25) is 9.59 Å². The van der Waals surface area contributed by atoms with Crippen molar-refractivity contribution in [2.75, 3.05) is 6.54 Å². The summed E-state index contributed by atoms with van der Waals surface area (Å²) >= 11 is 0. The smallest absolute Gasteiger partial charge is 0.270 e. The molecule has 1 aromatic carbocycles. The van der Waals surface area contributed by atoms with Crippen molar-refractivity contribution in [1.82, 2.24) is 20.5 Å². The lowest BCUT2D eigenvalue weighted by Crippen LogP contribution is -2.39. The third-order valence-electron chi connectivity index (χ3n) is 4.42. The van der Waals surface area contributed by atoms with Crippen molar-refractivity contribution in [2.24, 2.45) is 5.10 Å². The molecule has 25 heavy (non-hydrogen) atoms. The number of hydrogen-bond donors (Lipinski definition) is 1. The number of rotatable bonds is 3. The number of carbonyl (C=O) groups is 2. The van der Waals surface area contributed by atoms with Gasteiger partial charge in [-0.15, -0.1) is 0 Å². The highest BCUT2D eigenvalue weighted by Gasteiger charge is 2.36. The molecule has 1 saturated heterocycles. The number of nitrogens with zero attached hydrogens (tertiary/aromatic N) is 4. The van der Waals surface area contributed by atoms with Crippen LogP contribution < -0.4 is 5.43 Å². The maximum Gasteiger partial charge on any atom is 0.270 e. The second-order valence-electron chi connectivity index (χ2n) is 6.07. The third kappa shape index (κ3) is 3.02. The first kappa shape index (κ1) is 15.5. The molecule has 0 saturated carbocycles. The van der Waals surface area contributed by atoms with Crippen LogP contribution >= 0.6 is 0 Å². The molecule has 1 atom stereocenters. The fourth-order valence-corrected chi connectivity index (χ4v) is 3.14. The maximum atomic E-state index is 12.7. The van der Waals surface area contributed by atoms with Gasteiger partial charge in [-0.25, -0.2) is 5.43 Å². The molecule has 0 radical (unpaired) electrons. The van der Waals surface area contributed by atoms with E-state index in [1.54, 1.807) is 4.90 Å². The number of hydrogen-bond acceptors (Lipinski definition) is 6. The van der Waals surface area contributed by atoms with Gasteiger partial charge >= 0.3 is 0 Å². The van der Waals surface area contributed by atoms with E-state index in [-0.39, 0.29) is 24.3 Å². The molecule has 2 aliphatic heterocycles. The Morgan fingerprint density at radius 2 is 2.08 bits per heavy atom. The van der Waals surface area contributed by atoms with Crippen LogP contribution in [0.2, 0.25) is 0 Å². The van der Waals surface area contributed by atoms with Crippen molar-refractivity contribution in [1.29, 1.82) is 0 Å². The van der Waals surface area contributed by atoms with Crippen LogP contribution in [0, 0.1) is 0 Å². The first-order valence-electron chi connectivity index (χ1n) is 8.28. The molecule has 2 aromatic rings. The topological polar surface area (TPSA) is 101 Å². The van der Waals surface area contributed by atoms with Crippen molar-refractivity contribution in [3.63, 3.8) is 0 Å². The van der Waals surface area contributed by atoms with Crippen LogP contribution in [0.25, 0.3) is 11.4 Å². The molecule has 4 rings (SSSR count). The maximum absolute atomic E-state index is 12.7. The fraction of sp³-hybridized carbons (Fsp3) is 0.353.